The van der Waals surface area contributed by atoms with Gasteiger partial charge in [0, 0.05) is 44.8 Å². The van der Waals surface area contributed by atoms with Gasteiger partial charge in [0.25, 0.3) is 0 Å². The molecule has 47 heavy (non-hydrogen) atoms. The predicted molar refractivity (Wildman–Crippen MR) is 194 cm³/mol. The van der Waals surface area contributed by atoms with Crippen molar-refractivity contribution in [2.24, 2.45) is 0 Å². The number of fused-ring (bicyclic) bond motifs is 4. The van der Waals surface area contributed by atoms with Crippen LogP contribution < -0.4 is 0 Å². The van der Waals surface area contributed by atoms with E-state index in [2.05, 4.69) is 17.1 Å². The lowest BCUT2D eigenvalue weighted by Gasteiger charge is -2.14. The van der Waals surface area contributed by atoms with E-state index in [9.17, 15) is 0 Å². The molecule has 6 aromatic carbocycles. The molecule has 0 aliphatic heterocycles. The fourth-order valence-corrected chi connectivity index (χ4v) is 6.32. The summed E-state index contributed by atoms with van der Waals surface area (Å²) in [6, 6.07) is 39.7. The molecular weight excluding hydrogens is 572 g/mol. The second kappa shape index (κ2) is 11.2. The van der Waals surface area contributed by atoms with E-state index in [4.69, 9.17) is 19.0 Å². The average Bonchev–Trinajstić information content (AvgIpc) is 3.61. The molecule has 0 bridgehead atoms. The highest BCUT2D eigenvalue weighted by Gasteiger charge is 2.26. The molecule has 0 N–H and O–H groups in total. The van der Waals surface area contributed by atoms with Gasteiger partial charge in [0.15, 0.2) is 0 Å². The fourth-order valence-electron chi connectivity index (χ4n) is 6.32. The van der Waals surface area contributed by atoms with Crippen LogP contribution in [0, 0.1) is 0 Å². The van der Waals surface area contributed by atoms with Gasteiger partial charge in [0.05, 0.1) is 26.3 Å². The van der Waals surface area contributed by atoms with Gasteiger partial charge in [-0.1, -0.05) is 152 Å². The topological polar surface area (TPSA) is 38.9 Å². The Balaban J connectivity index is 1.37. The number of rotatable bonds is 5. The van der Waals surface area contributed by atoms with Crippen LogP contribution in [0.25, 0.3) is 88.7 Å². The van der Waals surface area contributed by atoms with Crippen molar-refractivity contribution < 1.29 is 14.0 Å². The van der Waals surface area contributed by atoms with E-state index in [0.717, 1.165) is 49.9 Å². The molecule has 0 aliphatic carbocycles. The molecule has 3 heteroatoms. The molecule has 9 rings (SSSR count). The van der Waals surface area contributed by atoms with Crippen LogP contribution in [-0.2, 0) is 0 Å². The molecule has 0 amide bonds. The zero-order valence-electron chi connectivity index (χ0n) is 31.9. The van der Waals surface area contributed by atoms with Gasteiger partial charge < -0.3 is 4.42 Å². The maximum absolute atomic E-state index is 9.16. The predicted octanol–water partition coefficient (Wildman–Crippen LogP) is 11.9. The van der Waals surface area contributed by atoms with Crippen LogP contribution >= 0.6 is 0 Å². The minimum absolute atomic E-state index is 0.0143. The molecule has 220 valence electrons. The number of nitrogens with zero attached hydrogens (tertiary/aromatic N) is 2. The molecule has 0 fully saturated rings. The fraction of sp³-hybridized carbons (Fsp3) is 0. The quantitative estimate of drug-likeness (QED) is 0.183. The van der Waals surface area contributed by atoms with Gasteiger partial charge in [0.2, 0.25) is 0 Å². The van der Waals surface area contributed by atoms with Gasteiger partial charge in [-0.05, 0) is 34.0 Å². The largest absolute Gasteiger partial charge is 0.455 e. The summed E-state index contributed by atoms with van der Waals surface area (Å²) in [5, 5.41) is 1.47. The van der Waals surface area contributed by atoms with Gasteiger partial charge >= 0.3 is 0 Å². The number of pyridine rings is 2. The highest BCUT2D eigenvalue weighted by molar-refractivity contribution is 6.11. The lowest BCUT2D eigenvalue weighted by atomic mass is 9.87. The van der Waals surface area contributed by atoms with Crippen LogP contribution in [0.4, 0.5) is 0 Å². The van der Waals surface area contributed by atoms with Gasteiger partial charge in [-0.2, -0.15) is 0 Å². The Labute approximate surface area is 282 Å². The monoisotopic (exact) mass is 607 g/mol. The van der Waals surface area contributed by atoms with E-state index in [1.165, 1.54) is 0 Å². The third-order valence-electron chi connectivity index (χ3n) is 8.44. The molecule has 3 aromatic heterocycles. The Morgan fingerprint density at radius 3 is 1.68 bits per heavy atom. The Morgan fingerprint density at radius 1 is 0.468 bits per heavy atom. The average molecular weight is 608 g/mol. The van der Waals surface area contributed by atoms with Crippen molar-refractivity contribution in [1.29, 1.82) is 0 Å². The van der Waals surface area contributed by atoms with Crippen molar-refractivity contribution in [1.82, 2.24) is 9.97 Å². The molecular formula is C44H28N2O. The first-order chi connectivity index (χ1) is 26.2. The Kier molecular flexibility index (Phi) is 4.94. The van der Waals surface area contributed by atoms with Crippen LogP contribution in [0.5, 0.6) is 0 Å². The first-order valence-corrected chi connectivity index (χ1v) is 15.3. The summed E-state index contributed by atoms with van der Waals surface area (Å²) in [5.41, 5.74) is 6.26. The van der Waals surface area contributed by atoms with Crippen molar-refractivity contribution in [3.63, 3.8) is 0 Å². The Bertz CT molecular complexity index is 2950. The minimum Gasteiger partial charge on any atom is -0.455 e. The van der Waals surface area contributed by atoms with E-state index in [0.29, 0.717) is 11.3 Å². The molecule has 0 radical (unpaired) electrons. The van der Waals surface area contributed by atoms with Crippen molar-refractivity contribution in [2.75, 3.05) is 0 Å². The molecule has 0 aliphatic rings. The van der Waals surface area contributed by atoms with Crippen LogP contribution in [-0.4, -0.2) is 9.97 Å². The van der Waals surface area contributed by atoms with E-state index >= 15 is 0 Å². The molecule has 0 spiro atoms. The van der Waals surface area contributed by atoms with E-state index in [-0.39, 0.29) is 51.7 Å². The van der Waals surface area contributed by atoms with E-state index in [1.807, 2.05) is 115 Å². The van der Waals surface area contributed by atoms with Gasteiger partial charge in [-0.25, -0.2) is 4.98 Å². The lowest BCUT2D eigenvalue weighted by Crippen LogP contribution is -1.92. The van der Waals surface area contributed by atoms with Crippen LogP contribution in [0.2, 0.25) is 0 Å². The summed E-state index contributed by atoms with van der Waals surface area (Å²) in [6.45, 7) is 0. The van der Waals surface area contributed by atoms with Crippen LogP contribution in [0.3, 0.4) is 0 Å². The first kappa shape index (κ1) is 20.7. The number of aromatic nitrogens is 2. The second-order valence-electron chi connectivity index (χ2n) is 11.2. The van der Waals surface area contributed by atoms with Crippen molar-refractivity contribution in [3.8, 4) is 56.2 Å². The highest BCUT2D eigenvalue weighted by atomic mass is 16.3. The number of hydrogen-bond donors (Lipinski definition) is 0. The first-order valence-electron chi connectivity index (χ1n) is 18.8. The Hall–Kier alpha value is -6.32. The lowest BCUT2D eigenvalue weighted by molar-refractivity contribution is 0.599. The SMILES string of the molecule is [2H]c1nc2c(c([2H])c1[2H])c([2H])c([2H])c1c([2H])c([2H])c(-c3ccc(-c4c(-c5ccccc5)oc(-c5ccccc5)c4-c4ccccc4)c4ccccc34)nc12. The van der Waals surface area contributed by atoms with Gasteiger partial charge in [0.1, 0.15) is 11.5 Å². The number of hydrogen-bond acceptors (Lipinski definition) is 3. The smallest absolute Gasteiger partial charge is 0.143 e. The Morgan fingerprint density at radius 2 is 1.00 bits per heavy atom. The highest BCUT2D eigenvalue weighted by Crippen LogP contribution is 2.50. The summed E-state index contributed by atoms with van der Waals surface area (Å²) in [5.74, 6) is 1.42. The maximum atomic E-state index is 9.16. The number of furan rings is 1. The normalized spacial score (nSPS) is 13.5. The van der Waals surface area contributed by atoms with Gasteiger partial charge in [-0.15, -0.1) is 0 Å². The van der Waals surface area contributed by atoms with Crippen molar-refractivity contribution in [3.05, 3.63) is 170 Å². The van der Waals surface area contributed by atoms with E-state index in [1.54, 1.807) is 0 Å². The summed E-state index contributed by atoms with van der Waals surface area (Å²) < 4.78 is 67.4. The third-order valence-corrected chi connectivity index (χ3v) is 8.44. The third kappa shape index (κ3) is 4.60. The zero-order chi connectivity index (χ0) is 37.2. The summed E-state index contributed by atoms with van der Waals surface area (Å²) in [7, 11) is 0. The second-order valence-corrected chi connectivity index (χ2v) is 11.2. The molecule has 9 aromatic rings. The van der Waals surface area contributed by atoms with E-state index < -0.39 is 18.3 Å². The minimum atomic E-state index is -0.469. The molecule has 3 nitrogen and oxygen atoms in total. The maximum Gasteiger partial charge on any atom is 0.143 e. The molecule has 3 heterocycles. The van der Waals surface area contributed by atoms with Crippen molar-refractivity contribution >= 4 is 32.6 Å². The van der Waals surface area contributed by atoms with Crippen LogP contribution in [0.1, 0.15) is 9.60 Å². The summed E-state index contributed by atoms with van der Waals surface area (Å²) in [6.07, 6.45) is -0.469. The van der Waals surface area contributed by atoms with Crippen molar-refractivity contribution in [2.45, 2.75) is 0 Å². The summed E-state index contributed by atoms with van der Waals surface area (Å²) in [4.78, 5) is 9.09. The van der Waals surface area contributed by atoms with Gasteiger partial charge in [-0.3, -0.25) is 4.98 Å². The van der Waals surface area contributed by atoms with Crippen LogP contribution in [0.15, 0.2) is 174 Å². The summed E-state index contributed by atoms with van der Waals surface area (Å²) >= 11 is 0. The molecule has 0 saturated carbocycles. The molecule has 0 saturated heterocycles. The standard InChI is InChI=1S/C44H28N2O/c1-4-13-29(14-5-1)39-40(44(33-17-8-3-9-18-33)47-43(39)32-15-6-2-7-16-32)37-26-25-36(34-20-10-11-21-35(34)37)38-27-24-31-23-22-30-19-12-28-45-41(30)42(31)46-38/h1-28H/i12D,19D,22D,23D,24D,27D,28D. The zero-order valence-corrected chi connectivity index (χ0v) is 24.9. The molecule has 0 unspecified atom stereocenters. The number of benzene rings is 6. The molecule has 0 atom stereocenters.